The molecule has 3 N–H and O–H groups in total. The minimum absolute atomic E-state index is 0.0927. The van der Waals surface area contributed by atoms with Gasteiger partial charge in [-0.05, 0) is 68.4 Å². The zero-order valence-electron chi connectivity index (χ0n) is 17.4. The maximum Gasteiger partial charge on any atom is 0.329 e. The van der Waals surface area contributed by atoms with Crippen LogP contribution in [0.4, 0.5) is 0 Å². The van der Waals surface area contributed by atoms with Gasteiger partial charge in [0, 0.05) is 12.5 Å². The number of rotatable bonds is 12. The molecule has 2 aliphatic rings. The van der Waals surface area contributed by atoms with Gasteiger partial charge in [-0.2, -0.15) is 0 Å². The van der Waals surface area contributed by atoms with E-state index >= 15 is 0 Å². The van der Waals surface area contributed by atoms with Crippen LogP contribution in [0.15, 0.2) is 42.5 Å². The molecule has 6 atom stereocenters. The number of carbonyl (C=O) groups is 1. The van der Waals surface area contributed by atoms with E-state index in [0.717, 1.165) is 37.9 Å². The van der Waals surface area contributed by atoms with Crippen LogP contribution in [0.5, 0.6) is 5.75 Å². The molecule has 2 saturated carbocycles. The molecular formula is C24H34O6. The molecule has 6 nitrogen and oxygen atoms in total. The number of aliphatic carboxylic acids is 1. The van der Waals surface area contributed by atoms with Crippen molar-refractivity contribution >= 4 is 5.97 Å². The van der Waals surface area contributed by atoms with Gasteiger partial charge < -0.3 is 24.8 Å². The van der Waals surface area contributed by atoms with Crippen LogP contribution in [0, 0.1) is 23.7 Å². The SMILES string of the molecule is O=C(O)COCCC1C[C@H]2C[C@H](O)[C@@H](C=CC(O)CCCOc3ccccc3)[C@@H]2C1. The number of carboxylic acid groups (broad SMARTS) is 1. The van der Waals surface area contributed by atoms with Crippen molar-refractivity contribution in [1.29, 1.82) is 0 Å². The third-order valence-corrected chi connectivity index (χ3v) is 6.44. The van der Waals surface area contributed by atoms with Gasteiger partial charge in [-0.25, -0.2) is 4.79 Å². The second kappa shape index (κ2) is 11.5. The summed E-state index contributed by atoms with van der Waals surface area (Å²) in [5.41, 5.74) is 0. The largest absolute Gasteiger partial charge is 0.494 e. The Bertz CT molecular complexity index is 676. The maximum atomic E-state index is 10.5. The second-order valence-electron chi connectivity index (χ2n) is 8.63. The van der Waals surface area contributed by atoms with E-state index in [0.29, 0.717) is 37.4 Å². The number of para-hydroxylation sites is 1. The van der Waals surface area contributed by atoms with E-state index < -0.39 is 12.1 Å². The van der Waals surface area contributed by atoms with Crippen LogP contribution in [0.2, 0.25) is 0 Å². The van der Waals surface area contributed by atoms with Gasteiger partial charge in [0.1, 0.15) is 12.4 Å². The molecule has 1 aromatic rings. The quantitative estimate of drug-likeness (QED) is 0.356. The molecule has 0 spiro atoms. The van der Waals surface area contributed by atoms with Crippen molar-refractivity contribution in [1.82, 2.24) is 0 Å². The van der Waals surface area contributed by atoms with Crippen molar-refractivity contribution in [3.05, 3.63) is 42.5 Å². The van der Waals surface area contributed by atoms with Crippen LogP contribution in [0.3, 0.4) is 0 Å². The van der Waals surface area contributed by atoms with Gasteiger partial charge in [0.25, 0.3) is 0 Å². The van der Waals surface area contributed by atoms with E-state index in [2.05, 4.69) is 0 Å². The number of benzene rings is 1. The molecule has 30 heavy (non-hydrogen) atoms. The minimum Gasteiger partial charge on any atom is -0.494 e. The normalized spacial score (nSPS) is 29.2. The number of hydrogen-bond donors (Lipinski definition) is 3. The fourth-order valence-corrected chi connectivity index (χ4v) is 5.04. The van der Waals surface area contributed by atoms with Crippen LogP contribution in [-0.2, 0) is 9.53 Å². The summed E-state index contributed by atoms with van der Waals surface area (Å²) in [5, 5.41) is 29.4. The summed E-state index contributed by atoms with van der Waals surface area (Å²) in [6.07, 6.45) is 8.16. The molecule has 2 unspecified atom stereocenters. The summed E-state index contributed by atoms with van der Waals surface area (Å²) in [4.78, 5) is 10.5. The van der Waals surface area contributed by atoms with Crippen molar-refractivity contribution in [2.45, 2.75) is 50.7 Å². The van der Waals surface area contributed by atoms with Crippen LogP contribution in [0.1, 0.15) is 38.5 Å². The number of carboxylic acids is 1. The average molecular weight is 419 g/mol. The highest BCUT2D eigenvalue weighted by atomic mass is 16.5. The molecule has 0 heterocycles. The van der Waals surface area contributed by atoms with Gasteiger partial charge in [-0.1, -0.05) is 30.4 Å². The summed E-state index contributed by atoms with van der Waals surface area (Å²) < 4.78 is 10.8. The molecule has 0 aromatic heterocycles. The lowest BCUT2D eigenvalue weighted by Gasteiger charge is -2.19. The number of hydrogen-bond acceptors (Lipinski definition) is 5. The highest BCUT2D eigenvalue weighted by molar-refractivity contribution is 5.67. The Morgan fingerprint density at radius 1 is 1.17 bits per heavy atom. The Morgan fingerprint density at radius 3 is 2.73 bits per heavy atom. The summed E-state index contributed by atoms with van der Waals surface area (Å²) >= 11 is 0. The van der Waals surface area contributed by atoms with E-state index in [1.54, 1.807) is 0 Å². The van der Waals surface area contributed by atoms with E-state index in [4.69, 9.17) is 14.6 Å². The van der Waals surface area contributed by atoms with Crippen molar-refractivity contribution in [3.63, 3.8) is 0 Å². The fourth-order valence-electron chi connectivity index (χ4n) is 5.04. The number of fused-ring (bicyclic) bond motifs is 1. The van der Waals surface area contributed by atoms with E-state index in [1.807, 2.05) is 42.5 Å². The van der Waals surface area contributed by atoms with Gasteiger partial charge >= 0.3 is 5.97 Å². The fraction of sp³-hybridized carbons (Fsp3) is 0.625. The first-order chi connectivity index (χ1) is 14.5. The summed E-state index contributed by atoms with van der Waals surface area (Å²) in [7, 11) is 0. The first kappa shape index (κ1) is 22.8. The Balaban J connectivity index is 1.37. The van der Waals surface area contributed by atoms with Crippen molar-refractivity contribution in [2.24, 2.45) is 23.7 Å². The predicted octanol–water partition coefficient (Wildman–Crippen LogP) is 3.28. The Morgan fingerprint density at radius 2 is 1.97 bits per heavy atom. The lowest BCUT2D eigenvalue weighted by molar-refractivity contribution is -0.142. The molecule has 6 heteroatoms. The first-order valence-corrected chi connectivity index (χ1v) is 11.0. The standard InChI is InChI=1S/C24H34O6/c25-19(5-4-11-30-20-6-2-1-3-7-20)8-9-21-22-14-17(10-12-29-16-24(27)28)13-18(22)15-23(21)26/h1-3,6-9,17-19,21-23,25-26H,4-5,10-16H2,(H,27,28)/t17?,18-,19?,21-,22+,23-/m0/s1. The van der Waals surface area contributed by atoms with Crippen LogP contribution >= 0.6 is 0 Å². The van der Waals surface area contributed by atoms with Gasteiger partial charge in [0.2, 0.25) is 0 Å². The van der Waals surface area contributed by atoms with Crippen molar-refractivity contribution < 1.29 is 29.6 Å². The van der Waals surface area contributed by atoms with E-state index in [9.17, 15) is 15.0 Å². The number of ether oxygens (including phenoxy) is 2. The zero-order valence-corrected chi connectivity index (χ0v) is 17.4. The third kappa shape index (κ3) is 6.83. The molecule has 0 bridgehead atoms. The van der Waals surface area contributed by atoms with Crippen molar-refractivity contribution in [3.8, 4) is 5.75 Å². The number of aliphatic hydroxyl groups excluding tert-OH is 2. The molecule has 1 aromatic carbocycles. The molecule has 166 valence electrons. The topological polar surface area (TPSA) is 96.2 Å². The van der Waals surface area contributed by atoms with Crippen LogP contribution in [0.25, 0.3) is 0 Å². The smallest absolute Gasteiger partial charge is 0.329 e. The zero-order chi connectivity index (χ0) is 21.3. The molecule has 0 radical (unpaired) electrons. The molecule has 0 saturated heterocycles. The Hall–Kier alpha value is -1.89. The Labute approximate surface area is 178 Å². The van der Waals surface area contributed by atoms with Gasteiger partial charge in [-0.15, -0.1) is 0 Å². The predicted molar refractivity (Wildman–Crippen MR) is 113 cm³/mol. The van der Waals surface area contributed by atoms with E-state index in [-0.39, 0.29) is 18.6 Å². The molecule has 2 aliphatic carbocycles. The first-order valence-electron chi connectivity index (χ1n) is 11.0. The average Bonchev–Trinajstić information content (AvgIpc) is 3.24. The molecule has 0 amide bonds. The van der Waals surface area contributed by atoms with Gasteiger partial charge in [0.05, 0.1) is 18.8 Å². The second-order valence-corrected chi connectivity index (χ2v) is 8.63. The van der Waals surface area contributed by atoms with Crippen LogP contribution < -0.4 is 4.74 Å². The van der Waals surface area contributed by atoms with Crippen molar-refractivity contribution in [2.75, 3.05) is 19.8 Å². The minimum atomic E-state index is -0.934. The lowest BCUT2D eigenvalue weighted by atomic mass is 9.89. The summed E-state index contributed by atoms with van der Waals surface area (Å²) in [6.45, 7) is 0.804. The molecule has 0 aliphatic heterocycles. The van der Waals surface area contributed by atoms with Gasteiger partial charge in [0.15, 0.2) is 0 Å². The molecular weight excluding hydrogens is 384 g/mol. The third-order valence-electron chi connectivity index (χ3n) is 6.44. The van der Waals surface area contributed by atoms with Gasteiger partial charge in [-0.3, -0.25) is 0 Å². The maximum absolute atomic E-state index is 10.5. The monoisotopic (exact) mass is 418 g/mol. The summed E-state index contributed by atoms with van der Waals surface area (Å²) in [6, 6.07) is 9.65. The summed E-state index contributed by atoms with van der Waals surface area (Å²) in [5.74, 6) is 1.47. The molecule has 3 rings (SSSR count). The lowest BCUT2D eigenvalue weighted by Crippen LogP contribution is -2.19. The van der Waals surface area contributed by atoms with E-state index in [1.165, 1.54) is 0 Å². The van der Waals surface area contributed by atoms with Crippen LogP contribution in [-0.4, -0.2) is 53.3 Å². The Kier molecular flexibility index (Phi) is 8.73. The highest BCUT2D eigenvalue weighted by Crippen LogP contribution is 2.51. The number of aliphatic hydroxyl groups is 2. The highest BCUT2D eigenvalue weighted by Gasteiger charge is 2.46. The molecule has 2 fully saturated rings.